The maximum absolute atomic E-state index is 12.3. The van der Waals surface area contributed by atoms with Gasteiger partial charge in [0, 0.05) is 37.6 Å². The molecule has 1 saturated heterocycles. The Balaban J connectivity index is 1.57. The molecule has 1 N–H and O–H groups in total. The second-order valence-electron chi connectivity index (χ2n) is 7.09. The van der Waals surface area contributed by atoms with E-state index in [2.05, 4.69) is 41.2 Å². The lowest BCUT2D eigenvalue weighted by atomic mass is 10.1. The first-order valence-corrected chi connectivity index (χ1v) is 9.61. The number of para-hydroxylation sites is 1. The number of benzene rings is 2. The number of ether oxygens (including phenoxy) is 1. The number of hydrogen-bond donors (Lipinski definition) is 1. The van der Waals surface area contributed by atoms with E-state index in [1.165, 1.54) is 5.69 Å². The number of aryl methyl sites for hydroxylation is 2. The van der Waals surface area contributed by atoms with Crippen LogP contribution in [0, 0.1) is 6.92 Å². The molecule has 1 fully saturated rings. The van der Waals surface area contributed by atoms with Gasteiger partial charge in [0.05, 0.1) is 0 Å². The average Bonchev–Trinajstić information content (AvgIpc) is 2.69. The number of hydrogen-bond acceptors (Lipinski definition) is 4. The summed E-state index contributed by atoms with van der Waals surface area (Å²) in [6.45, 7) is 8.34. The molecule has 0 unspecified atom stereocenters. The second-order valence-corrected chi connectivity index (χ2v) is 7.09. The van der Waals surface area contributed by atoms with Gasteiger partial charge in [-0.15, -0.1) is 0 Å². The van der Waals surface area contributed by atoms with E-state index < -0.39 is 0 Å². The third-order valence-corrected chi connectivity index (χ3v) is 5.06. The average molecular weight is 367 g/mol. The molecule has 0 atom stereocenters. The number of carbonyl (C=O) groups excluding carboxylic acids is 1. The van der Waals surface area contributed by atoms with Crippen LogP contribution < -0.4 is 15.0 Å². The van der Waals surface area contributed by atoms with Crippen LogP contribution in [0.2, 0.25) is 0 Å². The van der Waals surface area contributed by atoms with Crippen molar-refractivity contribution in [2.75, 3.05) is 50.1 Å². The highest BCUT2D eigenvalue weighted by Gasteiger charge is 2.15. The Kier molecular flexibility index (Phi) is 6.35. The molecule has 0 saturated carbocycles. The van der Waals surface area contributed by atoms with Gasteiger partial charge in [0.2, 0.25) is 0 Å². The number of piperazine rings is 1. The number of carbonyl (C=O) groups is 1. The molecule has 0 radical (unpaired) electrons. The summed E-state index contributed by atoms with van der Waals surface area (Å²) in [4.78, 5) is 17.0. The second kappa shape index (κ2) is 8.91. The minimum atomic E-state index is -0.142. The molecule has 0 bridgehead atoms. The number of likely N-dealkylation sites (N-methyl/N-ethyl adjacent to an activating group) is 1. The number of amides is 1. The van der Waals surface area contributed by atoms with Crippen molar-refractivity contribution in [3.63, 3.8) is 0 Å². The van der Waals surface area contributed by atoms with Gasteiger partial charge < -0.3 is 19.9 Å². The first-order valence-electron chi connectivity index (χ1n) is 9.61. The first-order chi connectivity index (χ1) is 13.1. The molecule has 1 aliphatic rings. The fourth-order valence-corrected chi connectivity index (χ4v) is 3.32. The van der Waals surface area contributed by atoms with Crippen LogP contribution in [0.4, 0.5) is 11.4 Å². The van der Waals surface area contributed by atoms with E-state index >= 15 is 0 Å². The fraction of sp³-hybridized carbons (Fsp3) is 0.409. The highest BCUT2D eigenvalue weighted by atomic mass is 16.5. The highest BCUT2D eigenvalue weighted by molar-refractivity contribution is 5.92. The predicted octanol–water partition coefficient (Wildman–Crippen LogP) is 3.33. The van der Waals surface area contributed by atoms with Gasteiger partial charge in [-0.2, -0.15) is 0 Å². The van der Waals surface area contributed by atoms with Crippen LogP contribution in [0.15, 0.2) is 42.5 Å². The lowest BCUT2D eigenvalue weighted by Crippen LogP contribution is -2.44. The number of nitrogens with zero attached hydrogens (tertiary/aromatic N) is 2. The van der Waals surface area contributed by atoms with Gasteiger partial charge in [0.15, 0.2) is 6.61 Å². The Morgan fingerprint density at radius 1 is 1.11 bits per heavy atom. The van der Waals surface area contributed by atoms with Crippen LogP contribution in [0.1, 0.15) is 18.1 Å². The Morgan fingerprint density at radius 3 is 2.56 bits per heavy atom. The monoisotopic (exact) mass is 367 g/mol. The van der Waals surface area contributed by atoms with E-state index in [1.807, 2.05) is 37.3 Å². The summed E-state index contributed by atoms with van der Waals surface area (Å²) < 4.78 is 5.71. The SMILES string of the molecule is CCc1ccccc1OCC(=O)Nc1ccc(N2CCN(C)CC2)cc1C. The zero-order valence-corrected chi connectivity index (χ0v) is 16.5. The van der Waals surface area contributed by atoms with Gasteiger partial charge in [-0.05, 0) is 55.8 Å². The van der Waals surface area contributed by atoms with Crippen LogP contribution in [-0.2, 0) is 11.2 Å². The first kappa shape index (κ1) is 19.2. The lowest BCUT2D eigenvalue weighted by molar-refractivity contribution is -0.118. The quantitative estimate of drug-likeness (QED) is 0.851. The van der Waals surface area contributed by atoms with Crippen molar-refractivity contribution in [3.8, 4) is 5.75 Å². The molecule has 5 heteroatoms. The number of anilines is 2. The maximum Gasteiger partial charge on any atom is 0.262 e. The van der Waals surface area contributed by atoms with Crippen LogP contribution in [0.25, 0.3) is 0 Å². The van der Waals surface area contributed by atoms with Gasteiger partial charge in [0.25, 0.3) is 5.91 Å². The Bertz CT molecular complexity index is 783. The molecule has 0 aromatic heterocycles. The molecular weight excluding hydrogens is 338 g/mol. The molecular formula is C22H29N3O2. The minimum Gasteiger partial charge on any atom is -0.483 e. The molecule has 1 aliphatic heterocycles. The van der Waals surface area contributed by atoms with Crippen molar-refractivity contribution in [2.45, 2.75) is 20.3 Å². The summed E-state index contributed by atoms with van der Waals surface area (Å²) in [7, 11) is 2.15. The van der Waals surface area contributed by atoms with Gasteiger partial charge in [-0.25, -0.2) is 0 Å². The third kappa shape index (κ3) is 5.01. The van der Waals surface area contributed by atoms with Gasteiger partial charge >= 0.3 is 0 Å². The van der Waals surface area contributed by atoms with Crippen molar-refractivity contribution in [1.82, 2.24) is 4.90 Å². The van der Waals surface area contributed by atoms with Gasteiger partial charge in [-0.3, -0.25) is 4.79 Å². The largest absolute Gasteiger partial charge is 0.483 e. The van der Waals surface area contributed by atoms with Crippen molar-refractivity contribution >= 4 is 17.3 Å². The Labute approximate surface area is 161 Å². The standard InChI is InChI=1S/C22H29N3O2/c1-4-18-7-5-6-8-21(18)27-16-22(26)23-20-10-9-19(15-17(20)2)25-13-11-24(3)12-14-25/h5-10,15H,4,11-14,16H2,1-3H3,(H,23,26). The summed E-state index contributed by atoms with van der Waals surface area (Å²) >= 11 is 0. The van der Waals surface area contributed by atoms with Crippen LogP contribution in [-0.4, -0.2) is 50.6 Å². The van der Waals surface area contributed by atoms with E-state index in [-0.39, 0.29) is 12.5 Å². The van der Waals surface area contributed by atoms with E-state index in [0.29, 0.717) is 0 Å². The molecule has 0 spiro atoms. The molecule has 2 aromatic carbocycles. The lowest BCUT2D eigenvalue weighted by Gasteiger charge is -2.34. The van der Waals surface area contributed by atoms with Crippen molar-refractivity contribution < 1.29 is 9.53 Å². The summed E-state index contributed by atoms with van der Waals surface area (Å²) in [5, 5.41) is 2.96. The number of nitrogens with one attached hydrogen (secondary N) is 1. The molecule has 2 aromatic rings. The highest BCUT2D eigenvalue weighted by Crippen LogP contribution is 2.24. The van der Waals surface area contributed by atoms with E-state index in [1.54, 1.807) is 0 Å². The van der Waals surface area contributed by atoms with Crippen LogP contribution in [0.5, 0.6) is 5.75 Å². The van der Waals surface area contributed by atoms with Gasteiger partial charge in [-0.1, -0.05) is 25.1 Å². The normalized spacial score (nSPS) is 14.9. The molecule has 27 heavy (non-hydrogen) atoms. The smallest absolute Gasteiger partial charge is 0.262 e. The Hall–Kier alpha value is -2.53. The summed E-state index contributed by atoms with van der Waals surface area (Å²) in [6.07, 6.45) is 0.880. The van der Waals surface area contributed by atoms with Crippen molar-refractivity contribution in [3.05, 3.63) is 53.6 Å². The molecule has 0 aliphatic carbocycles. The zero-order valence-electron chi connectivity index (χ0n) is 16.5. The Morgan fingerprint density at radius 2 is 1.85 bits per heavy atom. The summed E-state index contributed by atoms with van der Waals surface area (Å²) in [5.41, 5.74) is 4.23. The molecule has 1 heterocycles. The number of rotatable bonds is 6. The van der Waals surface area contributed by atoms with Crippen molar-refractivity contribution in [2.24, 2.45) is 0 Å². The van der Waals surface area contributed by atoms with Crippen LogP contribution in [0.3, 0.4) is 0 Å². The third-order valence-electron chi connectivity index (χ3n) is 5.06. The zero-order chi connectivity index (χ0) is 19.2. The van der Waals surface area contributed by atoms with E-state index in [0.717, 1.165) is 55.2 Å². The topological polar surface area (TPSA) is 44.8 Å². The predicted molar refractivity (Wildman–Crippen MR) is 111 cm³/mol. The maximum atomic E-state index is 12.3. The minimum absolute atomic E-state index is 0.0106. The van der Waals surface area contributed by atoms with E-state index in [4.69, 9.17) is 4.74 Å². The van der Waals surface area contributed by atoms with E-state index in [9.17, 15) is 4.79 Å². The summed E-state index contributed by atoms with van der Waals surface area (Å²) in [5.74, 6) is 0.633. The molecule has 1 amide bonds. The van der Waals surface area contributed by atoms with Crippen LogP contribution >= 0.6 is 0 Å². The molecule has 3 rings (SSSR count). The van der Waals surface area contributed by atoms with Gasteiger partial charge in [0.1, 0.15) is 5.75 Å². The summed E-state index contributed by atoms with van der Waals surface area (Å²) in [6, 6.07) is 14.1. The fourth-order valence-electron chi connectivity index (χ4n) is 3.32. The molecule has 5 nitrogen and oxygen atoms in total. The van der Waals surface area contributed by atoms with Crippen molar-refractivity contribution in [1.29, 1.82) is 0 Å². The molecule has 144 valence electrons.